The molecule has 4 heterocycles. The van der Waals surface area contributed by atoms with Crippen molar-refractivity contribution >= 4 is 11.9 Å². The molecule has 0 aliphatic rings. The van der Waals surface area contributed by atoms with Crippen molar-refractivity contribution in [2.24, 2.45) is 0 Å². The van der Waals surface area contributed by atoms with Gasteiger partial charge in [0, 0.05) is 23.5 Å². The van der Waals surface area contributed by atoms with Crippen LogP contribution in [0, 0.1) is 11.6 Å². The van der Waals surface area contributed by atoms with Crippen LogP contribution in [0.15, 0.2) is 73.6 Å². The van der Waals surface area contributed by atoms with E-state index in [2.05, 4.69) is 29.9 Å². The maximum absolute atomic E-state index is 13.9. The van der Waals surface area contributed by atoms with E-state index in [4.69, 9.17) is 9.68 Å². The average molecular weight is 787 g/mol. The second-order valence-electron chi connectivity index (χ2n) is 12.0. The highest BCUT2D eigenvalue weighted by atomic mass is 19.3. The normalized spacial score (nSPS) is 11.4. The van der Waals surface area contributed by atoms with Gasteiger partial charge in [0.1, 0.15) is 0 Å². The maximum Gasteiger partial charge on any atom is 0.387 e. The smallest absolute Gasteiger partial charge is 0.387 e. The van der Waals surface area contributed by atoms with E-state index in [0.29, 0.717) is 46.5 Å². The van der Waals surface area contributed by atoms with Crippen molar-refractivity contribution in [3.05, 3.63) is 108 Å². The fourth-order valence-corrected chi connectivity index (χ4v) is 5.54. The quantitative estimate of drug-likeness (QED) is 0.103. The van der Waals surface area contributed by atoms with Crippen LogP contribution in [-0.2, 0) is 35.5 Å². The van der Waals surface area contributed by atoms with E-state index in [1.807, 2.05) is 13.8 Å². The molecule has 0 radical (unpaired) electrons. The number of rotatable bonds is 17. The molecule has 6 rings (SSSR count). The minimum Gasteiger partial charge on any atom is -0.432 e. The van der Waals surface area contributed by atoms with Crippen LogP contribution in [0.25, 0.3) is 22.3 Å². The number of hydrogen-bond donors (Lipinski definition) is 0. The lowest BCUT2D eigenvalue weighted by Crippen LogP contribution is -2.24. The van der Waals surface area contributed by atoms with Crippen LogP contribution in [0.4, 0.5) is 26.3 Å². The summed E-state index contributed by atoms with van der Waals surface area (Å²) >= 11 is 0. The van der Waals surface area contributed by atoms with E-state index in [-0.39, 0.29) is 25.9 Å². The second kappa shape index (κ2) is 17.2. The molecular weight excluding hydrogens is 754 g/mol. The first-order chi connectivity index (χ1) is 26.9. The minimum atomic E-state index is -3.19. The standard InChI is InChI=1S/C36H32F6N8O6/c1-3-21-17-49(45-29(21)19-47-15-25(13-43-47)23-5-7-27(37)31(11-23)53-35(39)40)55-33(51)9-10-34(52)56-50-18-22(4-2)30(46-50)20-48-16-26(14-44-48)24-6-8-28(38)32(12-24)54-36(41)42/h5-8,11-18,35-36H,3-4,9-10,19-20H2,1-2H3. The lowest BCUT2D eigenvalue weighted by atomic mass is 10.1. The van der Waals surface area contributed by atoms with Gasteiger partial charge in [-0.3, -0.25) is 9.36 Å². The van der Waals surface area contributed by atoms with Crippen molar-refractivity contribution in [1.29, 1.82) is 0 Å². The molecule has 0 spiro atoms. The van der Waals surface area contributed by atoms with E-state index in [1.165, 1.54) is 46.3 Å². The van der Waals surface area contributed by atoms with Gasteiger partial charge >= 0.3 is 25.2 Å². The first-order valence-corrected chi connectivity index (χ1v) is 17.0. The van der Waals surface area contributed by atoms with Crippen molar-refractivity contribution in [2.45, 2.75) is 65.8 Å². The van der Waals surface area contributed by atoms with Gasteiger partial charge in [-0.2, -0.15) is 27.8 Å². The van der Waals surface area contributed by atoms with Crippen LogP contribution >= 0.6 is 0 Å². The third kappa shape index (κ3) is 9.73. The topological polar surface area (TPSA) is 142 Å². The fourth-order valence-electron chi connectivity index (χ4n) is 5.54. The summed E-state index contributed by atoms with van der Waals surface area (Å²) in [4.78, 5) is 37.8. The zero-order chi connectivity index (χ0) is 39.9. The molecule has 0 saturated heterocycles. The zero-order valence-electron chi connectivity index (χ0n) is 29.6. The lowest BCUT2D eigenvalue weighted by Gasteiger charge is -2.07. The molecule has 0 saturated carbocycles. The molecule has 0 atom stereocenters. The Kier molecular flexibility index (Phi) is 12.0. The zero-order valence-corrected chi connectivity index (χ0v) is 29.6. The Hall–Kier alpha value is -6.60. The van der Waals surface area contributed by atoms with E-state index in [1.54, 1.807) is 12.4 Å². The third-order valence-corrected chi connectivity index (χ3v) is 8.25. The van der Waals surface area contributed by atoms with Crippen molar-refractivity contribution in [1.82, 2.24) is 39.4 Å². The Morgan fingerprint density at radius 3 is 1.41 bits per heavy atom. The van der Waals surface area contributed by atoms with Gasteiger partial charge in [0.2, 0.25) is 0 Å². The Morgan fingerprint density at radius 1 is 0.625 bits per heavy atom. The van der Waals surface area contributed by atoms with Crippen LogP contribution in [0.5, 0.6) is 11.5 Å². The Bertz CT molecular complexity index is 2160. The molecular formula is C36H32F6N8O6. The van der Waals surface area contributed by atoms with Crippen LogP contribution in [0.1, 0.15) is 49.2 Å². The molecule has 0 fully saturated rings. The Balaban J connectivity index is 1.01. The van der Waals surface area contributed by atoms with Crippen LogP contribution in [0.3, 0.4) is 0 Å². The van der Waals surface area contributed by atoms with E-state index >= 15 is 0 Å². The van der Waals surface area contributed by atoms with Gasteiger partial charge in [0.05, 0.1) is 62.1 Å². The number of benzene rings is 2. The van der Waals surface area contributed by atoms with E-state index < -0.39 is 48.3 Å². The number of aromatic nitrogens is 8. The molecule has 0 bridgehead atoms. The lowest BCUT2D eigenvalue weighted by molar-refractivity contribution is -0.152. The molecule has 0 N–H and O–H groups in total. The number of aryl methyl sites for hydroxylation is 2. The number of ether oxygens (including phenoxy) is 2. The molecule has 2 aromatic carbocycles. The summed E-state index contributed by atoms with van der Waals surface area (Å²) in [7, 11) is 0. The molecule has 0 amide bonds. The molecule has 14 nitrogen and oxygen atoms in total. The summed E-state index contributed by atoms with van der Waals surface area (Å²) in [5.74, 6) is -4.59. The van der Waals surface area contributed by atoms with Gasteiger partial charge in [0.15, 0.2) is 23.1 Å². The number of halogens is 6. The fraction of sp³-hybridized carbons (Fsp3) is 0.278. The largest absolute Gasteiger partial charge is 0.432 e. The SMILES string of the molecule is CCc1cn(OC(=O)CCC(=O)On2cc(CC)c(Cn3cc(-c4ccc(F)c(OC(F)F)c4)cn3)n2)nc1Cn1cc(-c2ccc(F)c(OC(F)F)c2)cn1. The molecule has 56 heavy (non-hydrogen) atoms. The highest BCUT2D eigenvalue weighted by molar-refractivity contribution is 5.77. The number of carbonyl (C=O) groups is 2. The predicted molar refractivity (Wildman–Crippen MR) is 182 cm³/mol. The minimum absolute atomic E-state index is 0.156. The van der Waals surface area contributed by atoms with Gasteiger partial charge in [-0.05, 0) is 59.4 Å². The summed E-state index contributed by atoms with van der Waals surface area (Å²) in [6, 6.07) is 7.13. The number of carbonyl (C=O) groups excluding carboxylic acids is 2. The number of alkyl halides is 4. The van der Waals surface area contributed by atoms with E-state index in [9.17, 15) is 35.9 Å². The van der Waals surface area contributed by atoms with Gasteiger partial charge in [-0.25, -0.2) is 18.4 Å². The van der Waals surface area contributed by atoms with Crippen LogP contribution in [-0.4, -0.2) is 64.6 Å². The van der Waals surface area contributed by atoms with Crippen molar-refractivity contribution in [2.75, 3.05) is 0 Å². The van der Waals surface area contributed by atoms with Gasteiger partial charge in [-0.15, -0.1) is 10.2 Å². The summed E-state index contributed by atoms with van der Waals surface area (Å²) in [5.41, 5.74) is 4.33. The van der Waals surface area contributed by atoms with Crippen LogP contribution < -0.4 is 19.1 Å². The summed E-state index contributed by atoms with van der Waals surface area (Å²) < 4.78 is 89.9. The monoisotopic (exact) mass is 786 g/mol. The van der Waals surface area contributed by atoms with Crippen LogP contribution in [0.2, 0.25) is 0 Å². The third-order valence-electron chi connectivity index (χ3n) is 8.25. The average Bonchev–Trinajstić information content (AvgIpc) is 3.97. The summed E-state index contributed by atoms with van der Waals surface area (Å²) in [6.45, 7) is -2.32. The highest BCUT2D eigenvalue weighted by Gasteiger charge is 2.19. The molecule has 20 heteroatoms. The Morgan fingerprint density at radius 2 is 1.04 bits per heavy atom. The number of hydrogen-bond acceptors (Lipinski definition) is 10. The highest BCUT2D eigenvalue weighted by Crippen LogP contribution is 2.29. The van der Waals surface area contributed by atoms with Gasteiger partial charge in [-0.1, -0.05) is 35.7 Å². The first-order valence-electron chi connectivity index (χ1n) is 17.0. The van der Waals surface area contributed by atoms with Crippen molar-refractivity contribution < 1.29 is 55.1 Å². The Labute approximate surface area is 313 Å². The van der Waals surface area contributed by atoms with Crippen molar-refractivity contribution in [3.8, 4) is 33.8 Å². The molecule has 4 aromatic heterocycles. The summed E-state index contributed by atoms with van der Waals surface area (Å²) in [5, 5.41) is 17.2. The van der Waals surface area contributed by atoms with Crippen molar-refractivity contribution in [3.63, 3.8) is 0 Å². The summed E-state index contributed by atoms with van der Waals surface area (Å²) in [6.07, 6.45) is 9.56. The van der Waals surface area contributed by atoms with Gasteiger partial charge < -0.3 is 19.1 Å². The van der Waals surface area contributed by atoms with Gasteiger partial charge in [0.25, 0.3) is 0 Å². The number of nitrogens with zero attached hydrogens (tertiary/aromatic N) is 8. The molecule has 0 unspecified atom stereocenters. The molecule has 6 aromatic rings. The maximum atomic E-state index is 13.9. The van der Waals surface area contributed by atoms with E-state index in [0.717, 1.165) is 45.1 Å². The first kappa shape index (κ1) is 39.1. The molecule has 294 valence electrons. The second-order valence-corrected chi connectivity index (χ2v) is 12.0. The molecule has 0 aliphatic carbocycles. The predicted octanol–water partition coefficient (Wildman–Crippen LogP) is 5.90. The molecule has 0 aliphatic heterocycles.